The molecule has 6 nitrogen and oxygen atoms in total. The molecule has 1 aliphatic carbocycles. The van der Waals surface area contributed by atoms with Crippen molar-refractivity contribution < 1.29 is 13.0 Å². The van der Waals surface area contributed by atoms with Crippen molar-refractivity contribution in [2.45, 2.75) is 18.3 Å². The van der Waals surface area contributed by atoms with E-state index < -0.39 is 10.1 Å². The second-order valence-electron chi connectivity index (χ2n) is 5.55. The van der Waals surface area contributed by atoms with Gasteiger partial charge in [0.1, 0.15) is 0 Å². The molecule has 0 unspecified atom stereocenters. The molecular weight excluding hydrogens is 290 g/mol. The van der Waals surface area contributed by atoms with Crippen LogP contribution in [0.3, 0.4) is 0 Å². The van der Waals surface area contributed by atoms with E-state index >= 15 is 0 Å². The second-order valence-corrected chi connectivity index (χ2v) is 7.01. The monoisotopic (exact) mass is 307 g/mol. The highest BCUT2D eigenvalue weighted by molar-refractivity contribution is 7.85. The molecule has 2 heterocycles. The Morgan fingerprint density at radius 3 is 1.95 bits per heavy atom. The molecule has 2 aromatic rings. The molecule has 7 heteroatoms. The van der Waals surface area contributed by atoms with E-state index in [2.05, 4.69) is 27.4 Å². The summed E-state index contributed by atoms with van der Waals surface area (Å²) in [4.78, 5) is 8.78. The lowest BCUT2D eigenvalue weighted by atomic mass is 9.98. The lowest BCUT2D eigenvalue weighted by Gasteiger charge is -2.19. The van der Waals surface area contributed by atoms with E-state index in [4.69, 9.17) is 4.55 Å². The second kappa shape index (κ2) is 5.32. The smallest absolute Gasteiger partial charge is 0.261 e. The fraction of sp³-hybridized carbons (Fsp3) is 0.429. The number of rotatable bonds is 0. The Bertz CT molecular complexity index is 720. The van der Waals surface area contributed by atoms with Gasteiger partial charge in [0.15, 0.2) is 0 Å². The van der Waals surface area contributed by atoms with Crippen molar-refractivity contribution >= 4 is 21.2 Å². The van der Waals surface area contributed by atoms with Crippen molar-refractivity contribution in [3.8, 4) is 0 Å². The Balaban J connectivity index is 0.000000233. The third-order valence-electron chi connectivity index (χ3n) is 3.90. The standard InChI is InChI=1S/C13H13N3.CH4O3S/c1-2-16-13-5-11-9-3-8(6-14-7-9)10(11)4-12(13)15-1;1-5(2,3)4/h1-2,4-5,8-9,14H,3,6-7H2;1H3,(H,2,3,4)/t8-,9+;. The van der Waals surface area contributed by atoms with Crippen LogP contribution in [0.15, 0.2) is 24.5 Å². The predicted molar refractivity (Wildman–Crippen MR) is 80.0 cm³/mol. The Kier molecular flexibility index (Phi) is 3.64. The van der Waals surface area contributed by atoms with Gasteiger partial charge in [-0.1, -0.05) is 0 Å². The molecule has 4 rings (SSSR count). The largest absolute Gasteiger partial charge is 0.316 e. The molecule has 0 saturated carbocycles. The quantitative estimate of drug-likeness (QED) is 0.713. The molecular formula is C14H17N3O3S. The zero-order valence-corrected chi connectivity index (χ0v) is 12.5. The molecule has 1 aliphatic heterocycles. The summed E-state index contributed by atoms with van der Waals surface area (Å²) in [5.41, 5.74) is 5.08. The summed E-state index contributed by atoms with van der Waals surface area (Å²) in [7, 11) is -3.67. The number of piperidine rings is 1. The Hall–Kier alpha value is -1.57. The minimum atomic E-state index is -3.67. The summed E-state index contributed by atoms with van der Waals surface area (Å²) in [5, 5.41) is 3.51. The maximum absolute atomic E-state index is 9.19. The summed E-state index contributed by atoms with van der Waals surface area (Å²) in [6.45, 7) is 2.24. The van der Waals surface area contributed by atoms with Gasteiger partial charge in [-0.25, -0.2) is 0 Å². The number of hydrogen-bond acceptors (Lipinski definition) is 5. The summed E-state index contributed by atoms with van der Waals surface area (Å²) in [6.07, 6.45) is 5.56. The van der Waals surface area contributed by atoms with Gasteiger partial charge >= 0.3 is 0 Å². The third-order valence-corrected chi connectivity index (χ3v) is 3.90. The van der Waals surface area contributed by atoms with E-state index in [1.807, 2.05) is 0 Å². The highest BCUT2D eigenvalue weighted by Gasteiger charge is 2.34. The number of aromatic nitrogens is 2. The summed E-state index contributed by atoms with van der Waals surface area (Å²) in [5.74, 6) is 1.39. The van der Waals surface area contributed by atoms with Crippen LogP contribution in [0.25, 0.3) is 11.0 Å². The van der Waals surface area contributed by atoms with Crippen molar-refractivity contribution in [1.82, 2.24) is 15.3 Å². The maximum Gasteiger partial charge on any atom is 0.261 e. The first-order chi connectivity index (χ1) is 9.92. The molecule has 1 fully saturated rings. The van der Waals surface area contributed by atoms with Crippen LogP contribution < -0.4 is 5.32 Å². The van der Waals surface area contributed by atoms with Gasteiger partial charge in [-0.05, 0) is 41.5 Å². The first-order valence-corrected chi connectivity index (χ1v) is 8.64. The van der Waals surface area contributed by atoms with Crippen molar-refractivity contribution in [3.63, 3.8) is 0 Å². The average molecular weight is 307 g/mol. The number of fused-ring (bicyclic) bond motifs is 6. The summed E-state index contributed by atoms with van der Waals surface area (Å²) >= 11 is 0. The molecule has 1 aromatic heterocycles. The van der Waals surface area contributed by atoms with Crippen LogP contribution in [0, 0.1) is 0 Å². The zero-order chi connectivity index (χ0) is 15.0. The molecule has 2 atom stereocenters. The molecule has 1 saturated heterocycles. The van der Waals surface area contributed by atoms with Crippen LogP contribution >= 0.6 is 0 Å². The third kappa shape index (κ3) is 3.20. The maximum atomic E-state index is 9.19. The van der Waals surface area contributed by atoms with Gasteiger partial charge < -0.3 is 5.32 Å². The number of nitrogens with zero attached hydrogens (tertiary/aromatic N) is 2. The van der Waals surface area contributed by atoms with Crippen molar-refractivity contribution in [2.24, 2.45) is 0 Å². The van der Waals surface area contributed by atoms with Crippen LogP contribution in [0.4, 0.5) is 0 Å². The van der Waals surface area contributed by atoms with E-state index in [0.29, 0.717) is 18.1 Å². The van der Waals surface area contributed by atoms with Gasteiger partial charge in [-0.3, -0.25) is 14.5 Å². The minimum absolute atomic E-state index is 0.695. The Labute approximate surface area is 123 Å². The fourth-order valence-electron chi connectivity index (χ4n) is 3.17. The topological polar surface area (TPSA) is 92.2 Å². The van der Waals surface area contributed by atoms with Crippen LogP contribution in [0.5, 0.6) is 0 Å². The lowest BCUT2D eigenvalue weighted by Crippen LogP contribution is -2.28. The minimum Gasteiger partial charge on any atom is -0.316 e. The van der Waals surface area contributed by atoms with Crippen LogP contribution in [0.2, 0.25) is 0 Å². The number of nitrogens with one attached hydrogen (secondary N) is 1. The van der Waals surface area contributed by atoms with Crippen LogP contribution in [-0.4, -0.2) is 42.3 Å². The predicted octanol–water partition coefficient (Wildman–Crippen LogP) is 1.31. The van der Waals surface area contributed by atoms with Gasteiger partial charge in [-0.2, -0.15) is 8.42 Å². The van der Waals surface area contributed by atoms with Crippen molar-refractivity contribution in [1.29, 1.82) is 0 Å². The lowest BCUT2D eigenvalue weighted by molar-refractivity contribution is 0.454. The van der Waals surface area contributed by atoms with Gasteiger partial charge in [0, 0.05) is 25.5 Å². The molecule has 0 spiro atoms. The molecule has 1 aromatic carbocycles. The fourth-order valence-corrected chi connectivity index (χ4v) is 3.17. The first-order valence-electron chi connectivity index (χ1n) is 6.79. The highest BCUT2D eigenvalue weighted by Crippen LogP contribution is 2.44. The molecule has 2 aliphatic rings. The number of hydrogen-bond donors (Lipinski definition) is 2. The van der Waals surface area contributed by atoms with Crippen LogP contribution in [-0.2, 0) is 10.1 Å². The molecule has 0 amide bonds. The number of benzene rings is 1. The van der Waals surface area contributed by atoms with E-state index in [1.54, 1.807) is 12.4 Å². The molecule has 2 bridgehead atoms. The van der Waals surface area contributed by atoms with E-state index in [9.17, 15) is 8.42 Å². The van der Waals surface area contributed by atoms with E-state index in [0.717, 1.165) is 24.1 Å². The van der Waals surface area contributed by atoms with Gasteiger partial charge in [-0.15, -0.1) is 0 Å². The molecule has 112 valence electrons. The SMILES string of the molecule is CS(=O)(=O)O.c1cnc2cc3c(cc2n1)[C@@H]1CNC[C@H]3C1. The normalized spacial score (nSPS) is 23.3. The van der Waals surface area contributed by atoms with Gasteiger partial charge in [0.05, 0.1) is 17.3 Å². The van der Waals surface area contributed by atoms with Crippen molar-refractivity contribution in [3.05, 3.63) is 35.7 Å². The first kappa shape index (κ1) is 14.4. The van der Waals surface area contributed by atoms with Gasteiger partial charge in [0.25, 0.3) is 10.1 Å². The highest BCUT2D eigenvalue weighted by atomic mass is 32.2. The van der Waals surface area contributed by atoms with Crippen LogP contribution in [0.1, 0.15) is 29.4 Å². The molecule has 2 N–H and O–H groups in total. The molecule has 21 heavy (non-hydrogen) atoms. The van der Waals surface area contributed by atoms with E-state index in [1.165, 1.54) is 17.5 Å². The summed E-state index contributed by atoms with van der Waals surface area (Å²) in [6, 6.07) is 4.49. The summed E-state index contributed by atoms with van der Waals surface area (Å²) < 4.78 is 25.9. The zero-order valence-electron chi connectivity index (χ0n) is 11.7. The Morgan fingerprint density at radius 1 is 1.10 bits per heavy atom. The van der Waals surface area contributed by atoms with Crippen molar-refractivity contribution in [2.75, 3.05) is 19.3 Å². The molecule has 0 radical (unpaired) electrons. The van der Waals surface area contributed by atoms with E-state index in [-0.39, 0.29) is 0 Å². The Morgan fingerprint density at radius 2 is 1.52 bits per heavy atom. The average Bonchev–Trinajstić information content (AvgIpc) is 2.66. The van der Waals surface area contributed by atoms with Gasteiger partial charge in [0.2, 0.25) is 0 Å².